The molecule has 6 heteroatoms. The summed E-state index contributed by atoms with van der Waals surface area (Å²) in [5, 5.41) is 8.57. The summed E-state index contributed by atoms with van der Waals surface area (Å²) in [7, 11) is 1.47. The minimum Gasteiger partial charge on any atom is -0.497 e. The fraction of sp³-hybridized carbons (Fsp3) is 0.364. The number of aliphatic carboxylic acids is 1. The Hall–Kier alpha value is -1.27. The number of carbonyl (C=O) groups is 1. The van der Waals surface area contributed by atoms with Crippen LogP contribution in [0, 0.1) is 5.82 Å². The van der Waals surface area contributed by atoms with Crippen LogP contribution in [0.15, 0.2) is 18.2 Å². The van der Waals surface area contributed by atoms with E-state index in [1.165, 1.54) is 24.9 Å². The molecule has 1 aromatic carbocycles. The van der Waals surface area contributed by atoms with Crippen molar-refractivity contribution >= 4 is 17.7 Å². The van der Waals surface area contributed by atoms with Gasteiger partial charge in [-0.25, -0.2) is 4.39 Å². The predicted octanol–water partition coefficient (Wildman–Crippen LogP) is 1.48. The minimum atomic E-state index is -1.05. The average Bonchev–Trinajstić information content (AvgIpc) is 2.30. The van der Waals surface area contributed by atoms with Crippen LogP contribution in [-0.2, 0) is 10.5 Å². The van der Waals surface area contributed by atoms with E-state index in [9.17, 15) is 9.18 Å². The van der Waals surface area contributed by atoms with E-state index in [1.54, 1.807) is 12.1 Å². The smallest absolute Gasteiger partial charge is 0.321 e. The SMILES string of the molecule is COc1ccc(CSC[C@@H](N)C(=O)O)c(F)c1. The van der Waals surface area contributed by atoms with E-state index in [2.05, 4.69) is 0 Å². The summed E-state index contributed by atoms with van der Waals surface area (Å²) in [4.78, 5) is 10.5. The molecule has 0 saturated heterocycles. The van der Waals surface area contributed by atoms with Crippen LogP contribution < -0.4 is 10.5 Å². The Kier molecular flexibility index (Phi) is 5.24. The molecular formula is C11H14FNO3S. The maximum absolute atomic E-state index is 13.5. The highest BCUT2D eigenvalue weighted by molar-refractivity contribution is 7.98. The number of hydrogen-bond donors (Lipinski definition) is 2. The van der Waals surface area contributed by atoms with Crippen molar-refractivity contribution in [1.29, 1.82) is 0 Å². The van der Waals surface area contributed by atoms with Gasteiger partial charge >= 0.3 is 5.97 Å². The Bertz CT molecular complexity index is 400. The van der Waals surface area contributed by atoms with Crippen LogP contribution in [0.2, 0.25) is 0 Å². The first-order valence-electron chi connectivity index (χ1n) is 4.93. The van der Waals surface area contributed by atoms with Crippen LogP contribution in [0.4, 0.5) is 4.39 Å². The highest BCUT2D eigenvalue weighted by Crippen LogP contribution is 2.20. The summed E-state index contributed by atoms with van der Waals surface area (Å²) in [6.07, 6.45) is 0. The van der Waals surface area contributed by atoms with Crippen molar-refractivity contribution < 1.29 is 19.0 Å². The second-order valence-corrected chi connectivity index (χ2v) is 4.45. The van der Waals surface area contributed by atoms with Crippen LogP contribution >= 0.6 is 11.8 Å². The first-order chi connectivity index (χ1) is 8.04. The van der Waals surface area contributed by atoms with Crippen LogP contribution in [0.3, 0.4) is 0 Å². The van der Waals surface area contributed by atoms with Crippen molar-refractivity contribution in [2.75, 3.05) is 12.9 Å². The highest BCUT2D eigenvalue weighted by atomic mass is 32.2. The molecule has 0 aliphatic rings. The molecular weight excluding hydrogens is 245 g/mol. The number of rotatable bonds is 6. The van der Waals surface area contributed by atoms with Gasteiger partial charge in [-0.3, -0.25) is 4.79 Å². The molecule has 1 atom stereocenters. The lowest BCUT2D eigenvalue weighted by molar-refractivity contribution is -0.137. The Balaban J connectivity index is 2.49. The third kappa shape index (κ3) is 4.24. The van der Waals surface area contributed by atoms with Crippen molar-refractivity contribution in [2.24, 2.45) is 5.73 Å². The number of carboxylic acids is 1. The van der Waals surface area contributed by atoms with Crippen LogP contribution in [0.1, 0.15) is 5.56 Å². The summed E-state index contributed by atoms with van der Waals surface area (Å²) < 4.78 is 18.4. The number of hydrogen-bond acceptors (Lipinski definition) is 4. The third-order valence-corrected chi connectivity index (χ3v) is 3.24. The maximum Gasteiger partial charge on any atom is 0.321 e. The van der Waals surface area contributed by atoms with Gasteiger partial charge in [-0.05, 0) is 11.6 Å². The Morgan fingerprint density at radius 1 is 1.65 bits per heavy atom. The molecule has 0 fully saturated rings. The number of halogens is 1. The number of methoxy groups -OCH3 is 1. The molecule has 0 saturated carbocycles. The van der Waals surface area contributed by atoms with Gasteiger partial charge in [-0.15, -0.1) is 0 Å². The average molecular weight is 259 g/mol. The Morgan fingerprint density at radius 3 is 2.88 bits per heavy atom. The topological polar surface area (TPSA) is 72.5 Å². The zero-order valence-corrected chi connectivity index (χ0v) is 10.2. The quantitative estimate of drug-likeness (QED) is 0.809. The van der Waals surface area contributed by atoms with Gasteiger partial charge in [0.2, 0.25) is 0 Å². The molecule has 0 unspecified atom stereocenters. The lowest BCUT2D eigenvalue weighted by atomic mass is 10.2. The fourth-order valence-electron chi connectivity index (χ4n) is 1.14. The zero-order chi connectivity index (χ0) is 12.8. The summed E-state index contributed by atoms with van der Waals surface area (Å²) in [6.45, 7) is 0. The van der Waals surface area contributed by atoms with Gasteiger partial charge in [0.05, 0.1) is 7.11 Å². The van der Waals surface area contributed by atoms with Gasteiger partial charge in [-0.2, -0.15) is 11.8 Å². The van der Waals surface area contributed by atoms with E-state index in [-0.39, 0.29) is 11.6 Å². The first kappa shape index (κ1) is 13.8. The molecule has 3 N–H and O–H groups in total. The summed E-state index contributed by atoms with van der Waals surface area (Å²) in [5.74, 6) is -0.315. The summed E-state index contributed by atoms with van der Waals surface area (Å²) in [6, 6.07) is 3.66. The van der Waals surface area contributed by atoms with E-state index in [0.717, 1.165) is 0 Å². The second-order valence-electron chi connectivity index (χ2n) is 3.42. The molecule has 1 rings (SSSR count). The third-order valence-electron chi connectivity index (χ3n) is 2.13. The molecule has 0 aliphatic carbocycles. The normalized spacial score (nSPS) is 12.2. The maximum atomic E-state index is 13.5. The molecule has 4 nitrogen and oxygen atoms in total. The van der Waals surface area contributed by atoms with Gasteiger partial charge in [0.25, 0.3) is 0 Å². The monoisotopic (exact) mass is 259 g/mol. The van der Waals surface area contributed by atoms with Gasteiger partial charge in [0.15, 0.2) is 0 Å². The van der Waals surface area contributed by atoms with Crippen LogP contribution in [-0.4, -0.2) is 30.0 Å². The minimum absolute atomic E-state index is 0.251. The number of thioether (sulfide) groups is 1. The number of benzene rings is 1. The van der Waals surface area contributed by atoms with E-state index in [4.69, 9.17) is 15.6 Å². The largest absolute Gasteiger partial charge is 0.497 e. The van der Waals surface area contributed by atoms with Crippen molar-refractivity contribution in [3.63, 3.8) is 0 Å². The fourth-order valence-corrected chi connectivity index (χ4v) is 2.11. The molecule has 0 bridgehead atoms. The number of carboxylic acid groups (broad SMARTS) is 1. The van der Waals surface area contributed by atoms with Gasteiger partial charge in [0, 0.05) is 17.6 Å². The van der Waals surface area contributed by atoms with Gasteiger partial charge < -0.3 is 15.6 Å². The summed E-state index contributed by atoms with van der Waals surface area (Å²) in [5.41, 5.74) is 5.84. The lowest BCUT2D eigenvalue weighted by Crippen LogP contribution is -2.32. The van der Waals surface area contributed by atoms with Crippen LogP contribution in [0.25, 0.3) is 0 Å². The molecule has 17 heavy (non-hydrogen) atoms. The van der Waals surface area contributed by atoms with E-state index >= 15 is 0 Å². The van der Waals surface area contributed by atoms with E-state index < -0.39 is 12.0 Å². The molecule has 0 radical (unpaired) electrons. The molecule has 0 aromatic heterocycles. The van der Waals surface area contributed by atoms with Gasteiger partial charge in [-0.1, -0.05) is 6.07 Å². The number of nitrogens with two attached hydrogens (primary N) is 1. The van der Waals surface area contributed by atoms with Crippen molar-refractivity contribution in [3.8, 4) is 5.75 Å². The molecule has 0 amide bonds. The summed E-state index contributed by atoms with van der Waals surface area (Å²) >= 11 is 1.28. The molecule has 0 heterocycles. The second kappa shape index (κ2) is 6.46. The Morgan fingerprint density at radius 2 is 2.35 bits per heavy atom. The van der Waals surface area contributed by atoms with Crippen molar-refractivity contribution in [1.82, 2.24) is 0 Å². The molecule has 1 aromatic rings. The predicted molar refractivity (Wildman–Crippen MR) is 64.7 cm³/mol. The van der Waals surface area contributed by atoms with Crippen LogP contribution in [0.5, 0.6) is 5.75 Å². The standard InChI is InChI=1S/C11H14FNO3S/c1-16-8-3-2-7(9(12)4-8)5-17-6-10(13)11(14)15/h2-4,10H,5-6,13H2,1H3,(H,14,15)/t10-/m1/s1. The van der Waals surface area contributed by atoms with E-state index in [1.807, 2.05) is 0 Å². The van der Waals surface area contributed by atoms with Gasteiger partial charge in [0.1, 0.15) is 17.6 Å². The zero-order valence-electron chi connectivity index (χ0n) is 9.35. The number of ether oxygens (including phenoxy) is 1. The molecule has 94 valence electrons. The van der Waals surface area contributed by atoms with E-state index in [0.29, 0.717) is 17.1 Å². The van der Waals surface area contributed by atoms with Crippen molar-refractivity contribution in [2.45, 2.75) is 11.8 Å². The molecule has 0 spiro atoms. The lowest BCUT2D eigenvalue weighted by Gasteiger charge is -2.07. The molecule has 0 aliphatic heterocycles. The Labute approximate surface area is 103 Å². The highest BCUT2D eigenvalue weighted by Gasteiger charge is 2.11. The first-order valence-corrected chi connectivity index (χ1v) is 6.08. The van der Waals surface area contributed by atoms with Crippen molar-refractivity contribution in [3.05, 3.63) is 29.6 Å².